The topological polar surface area (TPSA) is 50.2 Å². The van der Waals surface area contributed by atoms with Gasteiger partial charge < -0.3 is 5.11 Å². The highest BCUT2D eigenvalue weighted by Crippen LogP contribution is 2.13. The molecule has 0 unspecified atom stereocenters. The van der Waals surface area contributed by atoms with Gasteiger partial charge in [0, 0.05) is 11.2 Å². The van der Waals surface area contributed by atoms with Crippen LogP contribution >= 0.6 is 11.6 Å². The number of carboxylic acids is 1. The van der Waals surface area contributed by atoms with Crippen molar-refractivity contribution in [1.82, 2.24) is 4.98 Å². The first kappa shape index (κ1) is 11.6. The third-order valence-corrected chi connectivity index (χ3v) is 2.62. The van der Waals surface area contributed by atoms with Crippen molar-refractivity contribution in [3.8, 4) is 0 Å². The predicted octanol–water partition coefficient (Wildman–Crippen LogP) is 3.02. The number of hydrogen-bond donors (Lipinski definition) is 1. The number of benzene rings is 1. The Morgan fingerprint density at radius 2 is 1.88 bits per heavy atom. The van der Waals surface area contributed by atoms with Gasteiger partial charge >= 0.3 is 5.97 Å². The summed E-state index contributed by atoms with van der Waals surface area (Å²) in [5.41, 5.74) is 2.06. The number of nitrogens with zero attached hydrogens (tertiary/aromatic N) is 1. The molecule has 2 rings (SSSR count). The van der Waals surface area contributed by atoms with Crippen molar-refractivity contribution in [3.05, 3.63) is 64.4 Å². The van der Waals surface area contributed by atoms with Crippen LogP contribution in [0.5, 0.6) is 0 Å². The normalized spacial score (nSPS) is 10.2. The van der Waals surface area contributed by atoms with Gasteiger partial charge in [-0.15, -0.1) is 0 Å². The molecule has 2 aromatic rings. The van der Waals surface area contributed by atoms with E-state index < -0.39 is 5.97 Å². The molecule has 1 N–H and O–H groups in total. The molecular formula is C13H10ClNO2. The Kier molecular flexibility index (Phi) is 3.40. The van der Waals surface area contributed by atoms with Crippen LogP contribution in [0.15, 0.2) is 42.6 Å². The fourth-order valence-electron chi connectivity index (χ4n) is 1.54. The molecule has 0 radical (unpaired) electrons. The van der Waals surface area contributed by atoms with Gasteiger partial charge in [0.15, 0.2) is 0 Å². The van der Waals surface area contributed by atoms with E-state index in [0.717, 1.165) is 11.1 Å². The molecule has 0 saturated carbocycles. The zero-order valence-corrected chi connectivity index (χ0v) is 9.69. The summed E-state index contributed by atoms with van der Waals surface area (Å²) < 4.78 is 0. The minimum absolute atomic E-state index is 0.0662. The van der Waals surface area contributed by atoms with E-state index in [2.05, 4.69) is 4.98 Å². The van der Waals surface area contributed by atoms with E-state index in [-0.39, 0.29) is 5.69 Å². The van der Waals surface area contributed by atoms with Gasteiger partial charge in [0.25, 0.3) is 0 Å². The molecule has 3 nitrogen and oxygen atoms in total. The van der Waals surface area contributed by atoms with E-state index in [9.17, 15) is 4.79 Å². The second kappa shape index (κ2) is 4.97. The molecule has 0 spiro atoms. The Labute approximate surface area is 104 Å². The Bertz CT molecular complexity index is 537. The van der Waals surface area contributed by atoms with Crippen LogP contribution < -0.4 is 0 Å². The van der Waals surface area contributed by atoms with Crippen molar-refractivity contribution in [2.24, 2.45) is 0 Å². The molecule has 0 saturated heterocycles. The molecule has 1 heterocycles. The van der Waals surface area contributed by atoms with Crippen LogP contribution in [0.25, 0.3) is 0 Å². The van der Waals surface area contributed by atoms with Gasteiger partial charge in [-0.3, -0.25) is 0 Å². The van der Waals surface area contributed by atoms with Gasteiger partial charge in [-0.25, -0.2) is 9.78 Å². The summed E-state index contributed by atoms with van der Waals surface area (Å²) in [4.78, 5) is 14.5. The van der Waals surface area contributed by atoms with Gasteiger partial charge in [0.05, 0.1) is 0 Å². The number of carbonyl (C=O) groups is 1. The number of aromatic nitrogens is 1. The Morgan fingerprint density at radius 1 is 1.18 bits per heavy atom. The quantitative estimate of drug-likeness (QED) is 0.907. The smallest absolute Gasteiger partial charge is 0.354 e. The largest absolute Gasteiger partial charge is 0.477 e. The number of hydrogen-bond acceptors (Lipinski definition) is 2. The lowest BCUT2D eigenvalue weighted by molar-refractivity contribution is 0.0690. The fraction of sp³-hybridized carbons (Fsp3) is 0.0769. The standard InChI is InChI=1S/C13H10ClNO2/c14-11-3-1-9(2-4-11)7-10-5-6-15-12(8-10)13(16)17/h1-6,8H,7H2,(H,16,17). The summed E-state index contributed by atoms with van der Waals surface area (Å²) in [7, 11) is 0. The molecule has 17 heavy (non-hydrogen) atoms. The molecule has 0 atom stereocenters. The van der Waals surface area contributed by atoms with Crippen LogP contribution in [0.1, 0.15) is 21.6 Å². The first-order valence-electron chi connectivity index (χ1n) is 5.08. The lowest BCUT2D eigenvalue weighted by atomic mass is 10.1. The monoisotopic (exact) mass is 247 g/mol. The molecular weight excluding hydrogens is 238 g/mol. The fourth-order valence-corrected chi connectivity index (χ4v) is 1.67. The van der Waals surface area contributed by atoms with E-state index >= 15 is 0 Å². The number of rotatable bonds is 3. The summed E-state index contributed by atoms with van der Waals surface area (Å²) in [6.45, 7) is 0. The van der Waals surface area contributed by atoms with Crippen molar-refractivity contribution in [3.63, 3.8) is 0 Å². The van der Waals surface area contributed by atoms with Crippen LogP contribution in [-0.2, 0) is 6.42 Å². The zero-order valence-electron chi connectivity index (χ0n) is 8.93. The van der Waals surface area contributed by atoms with E-state index in [0.29, 0.717) is 11.4 Å². The highest BCUT2D eigenvalue weighted by atomic mass is 35.5. The number of carboxylic acid groups (broad SMARTS) is 1. The number of pyridine rings is 1. The number of halogens is 1. The molecule has 1 aromatic heterocycles. The van der Waals surface area contributed by atoms with Crippen LogP contribution in [-0.4, -0.2) is 16.1 Å². The highest BCUT2D eigenvalue weighted by molar-refractivity contribution is 6.30. The van der Waals surface area contributed by atoms with Gasteiger partial charge in [-0.05, 0) is 41.8 Å². The predicted molar refractivity (Wildman–Crippen MR) is 65.5 cm³/mol. The summed E-state index contributed by atoms with van der Waals surface area (Å²) in [6.07, 6.45) is 2.18. The third-order valence-electron chi connectivity index (χ3n) is 2.36. The van der Waals surface area contributed by atoms with Crippen LogP contribution in [0.3, 0.4) is 0 Å². The average molecular weight is 248 g/mol. The van der Waals surface area contributed by atoms with E-state index in [1.54, 1.807) is 12.1 Å². The van der Waals surface area contributed by atoms with Crippen LogP contribution in [0, 0.1) is 0 Å². The van der Waals surface area contributed by atoms with Crippen LogP contribution in [0.2, 0.25) is 5.02 Å². The van der Waals surface area contributed by atoms with E-state index in [1.165, 1.54) is 6.20 Å². The summed E-state index contributed by atoms with van der Waals surface area (Å²) >= 11 is 5.79. The molecule has 1 aromatic carbocycles. The maximum Gasteiger partial charge on any atom is 0.354 e. The second-order valence-electron chi connectivity index (χ2n) is 3.66. The molecule has 86 valence electrons. The first-order chi connectivity index (χ1) is 8.15. The lowest BCUT2D eigenvalue weighted by Gasteiger charge is -2.03. The maximum absolute atomic E-state index is 10.8. The average Bonchev–Trinajstić information content (AvgIpc) is 2.32. The van der Waals surface area contributed by atoms with Gasteiger partial charge in [-0.1, -0.05) is 23.7 Å². The molecule has 0 aliphatic heterocycles. The number of aromatic carboxylic acids is 1. The molecule has 0 bridgehead atoms. The highest BCUT2D eigenvalue weighted by Gasteiger charge is 2.05. The Balaban J connectivity index is 2.21. The third kappa shape index (κ3) is 3.04. The molecule has 0 fully saturated rings. The minimum Gasteiger partial charge on any atom is -0.477 e. The van der Waals surface area contributed by atoms with Crippen molar-refractivity contribution in [2.45, 2.75) is 6.42 Å². The first-order valence-corrected chi connectivity index (χ1v) is 5.45. The Hall–Kier alpha value is -1.87. The Morgan fingerprint density at radius 3 is 2.53 bits per heavy atom. The second-order valence-corrected chi connectivity index (χ2v) is 4.09. The van der Waals surface area contributed by atoms with Gasteiger partial charge in [-0.2, -0.15) is 0 Å². The summed E-state index contributed by atoms with van der Waals surface area (Å²) in [5.74, 6) is -1.01. The summed E-state index contributed by atoms with van der Waals surface area (Å²) in [5, 5.41) is 9.52. The van der Waals surface area contributed by atoms with Crippen molar-refractivity contribution in [2.75, 3.05) is 0 Å². The lowest BCUT2D eigenvalue weighted by Crippen LogP contribution is -2.01. The van der Waals surface area contributed by atoms with Crippen LogP contribution in [0.4, 0.5) is 0 Å². The SMILES string of the molecule is O=C(O)c1cc(Cc2ccc(Cl)cc2)ccn1. The van der Waals surface area contributed by atoms with Crippen molar-refractivity contribution < 1.29 is 9.90 Å². The van der Waals surface area contributed by atoms with Gasteiger partial charge in [0.2, 0.25) is 0 Å². The van der Waals surface area contributed by atoms with E-state index in [1.807, 2.05) is 24.3 Å². The minimum atomic E-state index is -1.01. The molecule has 0 aliphatic carbocycles. The summed E-state index contributed by atoms with van der Waals surface area (Å²) in [6, 6.07) is 10.9. The van der Waals surface area contributed by atoms with E-state index in [4.69, 9.17) is 16.7 Å². The molecule has 0 aliphatic rings. The maximum atomic E-state index is 10.8. The van der Waals surface area contributed by atoms with Gasteiger partial charge in [0.1, 0.15) is 5.69 Å². The zero-order chi connectivity index (χ0) is 12.3. The van der Waals surface area contributed by atoms with Crippen molar-refractivity contribution in [1.29, 1.82) is 0 Å². The molecule has 4 heteroatoms. The van der Waals surface area contributed by atoms with Crippen molar-refractivity contribution >= 4 is 17.6 Å². The molecule has 0 amide bonds.